The molecule has 2 aliphatic heterocycles. The third-order valence-electron chi connectivity index (χ3n) is 5.13. The molecule has 0 spiro atoms. The van der Waals surface area contributed by atoms with E-state index in [0.29, 0.717) is 13.1 Å². The number of carbonyl (C=O) groups is 2. The molecule has 2 saturated heterocycles. The summed E-state index contributed by atoms with van der Waals surface area (Å²) in [6, 6.07) is 0.0532. The molecule has 2 N–H and O–H groups in total. The van der Waals surface area contributed by atoms with Crippen molar-refractivity contribution in [2.45, 2.75) is 51.6 Å². The Hall–Kier alpha value is -1.46. The molecular weight excluding hydrogens is 260 g/mol. The van der Waals surface area contributed by atoms with Crippen LogP contribution in [0.1, 0.15) is 39.5 Å². The number of hydrogen-bond acceptors (Lipinski definition) is 2. The lowest BCUT2D eigenvalue weighted by molar-refractivity contribution is 0.0855. The van der Waals surface area contributed by atoms with Gasteiger partial charge in [0.25, 0.3) is 0 Å². The molecule has 6 nitrogen and oxygen atoms in total. The van der Waals surface area contributed by atoms with E-state index >= 15 is 0 Å². The first-order valence-corrected chi connectivity index (χ1v) is 7.42. The zero-order valence-corrected chi connectivity index (χ0v) is 12.2. The van der Waals surface area contributed by atoms with Crippen LogP contribution in [0.3, 0.4) is 0 Å². The van der Waals surface area contributed by atoms with Crippen molar-refractivity contribution in [1.82, 2.24) is 9.80 Å². The van der Waals surface area contributed by atoms with E-state index in [1.807, 2.05) is 0 Å². The van der Waals surface area contributed by atoms with Gasteiger partial charge in [-0.3, -0.25) is 0 Å². The summed E-state index contributed by atoms with van der Waals surface area (Å²) in [5.74, 6) is 0.358. The largest absolute Gasteiger partial charge is 0.465 e. The minimum Gasteiger partial charge on any atom is -0.465 e. The lowest BCUT2D eigenvalue weighted by Crippen LogP contribution is -2.46. The van der Waals surface area contributed by atoms with Crippen molar-refractivity contribution < 1.29 is 19.8 Å². The van der Waals surface area contributed by atoms with Gasteiger partial charge in [0, 0.05) is 25.2 Å². The topological polar surface area (TPSA) is 81.1 Å². The Labute approximate surface area is 119 Å². The van der Waals surface area contributed by atoms with E-state index in [1.165, 1.54) is 9.80 Å². The van der Waals surface area contributed by atoms with E-state index in [2.05, 4.69) is 13.8 Å². The van der Waals surface area contributed by atoms with Crippen molar-refractivity contribution in [3.05, 3.63) is 0 Å². The van der Waals surface area contributed by atoms with Crippen LogP contribution in [0, 0.1) is 11.8 Å². The summed E-state index contributed by atoms with van der Waals surface area (Å²) in [7, 11) is 0. The van der Waals surface area contributed by atoms with Crippen LogP contribution in [0.4, 0.5) is 9.59 Å². The maximum atomic E-state index is 11.3. The Morgan fingerprint density at radius 1 is 0.900 bits per heavy atom. The molecule has 0 bridgehead atoms. The Bertz CT molecular complexity index is 351. The van der Waals surface area contributed by atoms with E-state index < -0.39 is 12.2 Å². The van der Waals surface area contributed by atoms with Gasteiger partial charge in [0.15, 0.2) is 0 Å². The first-order chi connectivity index (χ1) is 9.43. The van der Waals surface area contributed by atoms with Crippen LogP contribution in [0.15, 0.2) is 0 Å². The van der Waals surface area contributed by atoms with Gasteiger partial charge in [-0.1, -0.05) is 13.8 Å². The number of hydrogen-bond donors (Lipinski definition) is 2. The van der Waals surface area contributed by atoms with Crippen LogP contribution in [0.2, 0.25) is 0 Å². The summed E-state index contributed by atoms with van der Waals surface area (Å²) in [5, 5.41) is 18.5. The summed E-state index contributed by atoms with van der Waals surface area (Å²) >= 11 is 0. The highest BCUT2D eigenvalue weighted by Crippen LogP contribution is 2.35. The second-order valence-electron chi connectivity index (χ2n) is 6.09. The molecule has 4 unspecified atom stereocenters. The van der Waals surface area contributed by atoms with Crippen molar-refractivity contribution in [1.29, 1.82) is 0 Å². The summed E-state index contributed by atoms with van der Waals surface area (Å²) < 4.78 is 0. The molecule has 0 saturated carbocycles. The number of nitrogens with zero attached hydrogens (tertiary/aromatic N) is 2. The van der Waals surface area contributed by atoms with E-state index in [9.17, 15) is 19.8 Å². The minimum absolute atomic E-state index is 0.0266. The van der Waals surface area contributed by atoms with Gasteiger partial charge in [0.2, 0.25) is 0 Å². The molecule has 2 aliphatic rings. The predicted octanol–water partition coefficient (Wildman–Crippen LogP) is 2.54. The molecule has 0 aromatic heterocycles. The molecule has 0 aliphatic carbocycles. The third kappa shape index (κ3) is 2.69. The maximum absolute atomic E-state index is 11.3. The number of likely N-dealkylation sites (tertiary alicyclic amines) is 2. The molecule has 2 heterocycles. The average molecular weight is 284 g/mol. The first-order valence-electron chi connectivity index (χ1n) is 7.42. The standard InChI is InChI=1S/C14H24N2O4/c1-9(11-5-3-7-15(11)13(17)18)10(2)12-6-4-8-16(12)14(19)20/h9-12H,3-8H2,1-2H3,(H,17,18)(H,19,20). The molecule has 4 atom stereocenters. The highest BCUT2D eigenvalue weighted by molar-refractivity contribution is 5.66. The smallest absolute Gasteiger partial charge is 0.407 e. The Kier molecular flexibility index (Phi) is 4.40. The zero-order valence-electron chi connectivity index (χ0n) is 12.2. The van der Waals surface area contributed by atoms with Crippen LogP contribution < -0.4 is 0 Å². The summed E-state index contributed by atoms with van der Waals surface area (Å²) in [6.45, 7) is 5.33. The van der Waals surface area contributed by atoms with Crippen molar-refractivity contribution in [3.63, 3.8) is 0 Å². The van der Waals surface area contributed by atoms with Gasteiger partial charge in [-0.05, 0) is 37.5 Å². The second-order valence-corrected chi connectivity index (χ2v) is 6.09. The summed E-state index contributed by atoms with van der Waals surface area (Å²) in [4.78, 5) is 25.6. The number of rotatable bonds is 3. The molecular formula is C14H24N2O4. The summed E-state index contributed by atoms with van der Waals surface area (Å²) in [5.41, 5.74) is 0. The predicted molar refractivity (Wildman–Crippen MR) is 73.8 cm³/mol. The quantitative estimate of drug-likeness (QED) is 0.834. The van der Waals surface area contributed by atoms with Gasteiger partial charge < -0.3 is 20.0 Å². The van der Waals surface area contributed by atoms with E-state index in [-0.39, 0.29) is 23.9 Å². The summed E-state index contributed by atoms with van der Waals surface area (Å²) in [6.07, 6.45) is 1.87. The van der Waals surface area contributed by atoms with Crippen molar-refractivity contribution in [2.24, 2.45) is 11.8 Å². The van der Waals surface area contributed by atoms with Gasteiger partial charge in [0.1, 0.15) is 0 Å². The van der Waals surface area contributed by atoms with Gasteiger partial charge in [-0.2, -0.15) is 0 Å². The first kappa shape index (κ1) is 14.9. The van der Waals surface area contributed by atoms with Gasteiger partial charge in [-0.25, -0.2) is 9.59 Å². The Morgan fingerprint density at radius 2 is 1.25 bits per heavy atom. The monoisotopic (exact) mass is 284 g/mol. The third-order valence-corrected chi connectivity index (χ3v) is 5.13. The van der Waals surface area contributed by atoms with Gasteiger partial charge in [-0.15, -0.1) is 0 Å². The fraction of sp³-hybridized carbons (Fsp3) is 0.857. The van der Waals surface area contributed by atoms with Crippen LogP contribution in [0.25, 0.3) is 0 Å². The molecule has 2 amide bonds. The van der Waals surface area contributed by atoms with E-state index in [4.69, 9.17) is 0 Å². The molecule has 114 valence electrons. The lowest BCUT2D eigenvalue weighted by atomic mass is 9.82. The minimum atomic E-state index is -0.854. The lowest BCUT2D eigenvalue weighted by Gasteiger charge is -2.36. The number of amides is 2. The van der Waals surface area contributed by atoms with Crippen molar-refractivity contribution in [2.75, 3.05) is 13.1 Å². The van der Waals surface area contributed by atoms with Crippen LogP contribution in [0.5, 0.6) is 0 Å². The SMILES string of the molecule is CC(C(C)C1CCCN1C(=O)O)C1CCCN1C(=O)O. The number of carboxylic acid groups (broad SMARTS) is 2. The molecule has 20 heavy (non-hydrogen) atoms. The normalized spacial score (nSPS) is 29.5. The zero-order chi connectivity index (χ0) is 14.9. The van der Waals surface area contributed by atoms with Crippen molar-refractivity contribution in [3.8, 4) is 0 Å². The fourth-order valence-corrected chi connectivity index (χ4v) is 3.85. The molecule has 0 radical (unpaired) electrons. The van der Waals surface area contributed by atoms with Crippen LogP contribution >= 0.6 is 0 Å². The maximum Gasteiger partial charge on any atom is 0.407 e. The molecule has 6 heteroatoms. The fourth-order valence-electron chi connectivity index (χ4n) is 3.85. The molecule has 2 fully saturated rings. The highest BCUT2D eigenvalue weighted by Gasteiger charge is 2.40. The van der Waals surface area contributed by atoms with Gasteiger partial charge in [0.05, 0.1) is 0 Å². The average Bonchev–Trinajstić information content (AvgIpc) is 3.05. The second kappa shape index (κ2) is 5.89. The van der Waals surface area contributed by atoms with Gasteiger partial charge >= 0.3 is 12.2 Å². The van der Waals surface area contributed by atoms with Crippen molar-refractivity contribution >= 4 is 12.2 Å². The Balaban J connectivity index is 2.06. The molecule has 0 aromatic carbocycles. The van der Waals surface area contributed by atoms with E-state index in [0.717, 1.165) is 25.7 Å². The highest BCUT2D eigenvalue weighted by atomic mass is 16.4. The van der Waals surface area contributed by atoms with Crippen LogP contribution in [-0.4, -0.2) is 57.4 Å². The molecule has 2 rings (SSSR count). The Morgan fingerprint density at radius 3 is 1.55 bits per heavy atom. The van der Waals surface area contributed by atoms with Crippen LogP contribution in [-0.2, 0) is 0 Å². The molecule has 0 aromatic rings. The van der Waals surface area contributed by atoms with E-state index in [1.54, 1.807) is 0 Å².